The standard InChI is InChI=1S/C13H17BrN4/c1-17-5-2-3-10(9-17)7-12-15-16-13-8-11(14)4-6-18(12)13/h4,6,8,10H,2-3,5,7,9H2,1H3. The van der Waals surface area contributed by atoms with Crippen LogP contribution in [0.1, 0.15) is 18.7 Å². The Morgan fingerprint density at radius 1 is 1.44 bits per heavy atom. The van der Waals surface area contributed by atoms with E-state index in [1.54, 1.807) is 0 Å². The van der Waals surface area contributed by atoms with Crippen molar-refractivity contribution in [3.63, 3.8) is 0 Å². The molecular weight excluding hydrogens is 292 g/mol. The van der Waals surface area contributed by atoms with E-state index in [4.69, 9.17) is 0 Å². The molecule has 0 bridgehead atoms. The summed E-state index contributed by atoms with van der Waals surface area (Å²) in [6.07, 6.45) is 5.66. The summed E-state index contributed by atoms with van der Waals surface area (Å²) in [4.78, 5) is 2.41. The smallest absolute Gasteiger partial charge is 0.161 e. The average Bonchev–Trinajstić information content (AvgIpc) is 2.72. The maximum atomic E-state index is 4.33. The first-order valence-electron chi connectivity index (χ1n) is 6.40. The number of nitrogens with zero attached hydrogens (tertiary/aromatic N) is 4. The lowest BCUT2D eigenvalue weighted by Gasteiger charge is -2.29. The number of pyridine rings is 1. The molecular formula is C13H17BrN4. The number of hydrogen-bond donors (Lipinski definition) is 0. The fourth-order valence-corrected chi connectivity index (χ4v) is 3.08. The zero-order chi connectivity index (χ0) is 12.5. The molecule has 0 amide bonds. The van der Waals surface area contributed by atoms with Crippen molar-refractivity contribution in [2.75, 3.05) is 20.1 Å². The van der Waals surface area contributed by atoms with Crippen molar-refractivity contribution >= 4 is 21.6 Å². The number of aromatic nitrogens is 3. The molecule has 5 heteroatoms. The van der Waals surface area contributed by atoms with E-state index in [1.165, 1.54) is 25.9 Å². The van der Waals surface area contributed by atoms with Crippen molar-refractivity contribution in [1.29, 1.82) is 0 Å². The maximum Gasteiger partial charge on any atom is 0.161 e. The molecule has 1 aliphatic heterocycles. The number of fused-ring (bicyclic) bond motifs is 1. The van der Waals surface area contributed by atoms with Crippen LogP contribution in [0.4, 0.5) is 0 Å². The first kappa shape index (κ1) is 12.1. The van der Waals surface area contributed by atoms with Gasteiger partial charge < -0.3 is 4.90 Å². The molecule has 0 aromatic carbocycles. The Morgan fingerprint density at radius 2 is 2.33 bits per heavy atom. The third-order valence-corrected chi connectivity index (χ3v) is 4.13. The summed E-state index contributed by atoms with van der Waals surface area (Å²) >= 11 is 3.46. The molecule has 1 saturated heterocycles. The molecule has 3 heterocycles. The molecule has 1 aliphatic rings. The van der Waals surface area contributed by atoms with E-state index in [0.29, 0.717) is 5.92 Å². The van der Waals surface area contributed by atoms with Crippen LogP contribution in [0.3, 0.4) is 0 Å². The molecule has 96 valence electrons. The van der Waals surface area contributed by atoms with E-state index in [-0.39, 0.29) is 0 Å². The minimum absolute atomic E-state index is 0.708. The van der Waals surface area contributed by atoms with Crippen LogP contribution in [0.2, 0.25) is 0 Å². The fourth-order valence-electron chi connectivity index (χ4n) is 2.75. The molecule has 1 fully saturated rings. The van der Waals surface area contributed by atoms with Gasteiger partial charge in [0.05, 0.1) is 0 Å². The average molecular weight is 309 g/mol. The highest BCUT2D eigenvalue weighted by atomic mass is 79.9. The van der Waals surface area contributed by atoms with Gasteiger partial charge in [0.1, 0.15) is 5.82 Å². The highest BCUT2D eigenvalue weighted by Crippen LogP contribution is 2.20. The van der Waals surface area contributed by atoms with E-state index >= 15 is 0 Å². The molecule has 4 nitrogen and oxygen atoms in total. The van der Waals surface area contributed by atoms with E-state index in [2.05, 4.69) is 42.5 Å². The van der Waals surface area contributed by atoms with Crippen LogP contribution in [0.15, 0.2) is 22.8 Å². The molecule has 3 rings (SSSR count). The largest absolute Gasteiger partial charge is 0.306 e. The third kappa shape index (κ3) is 2.42. The molecule has 1 unspecified atom stereocenters. The lowest BCUT2D eigenvalue weighted by Crippen LogP contribution is -2.33. The van der Waals surface area contributed by atoms with Crippen LogP contribution in [0.25, 0.3) is 5.65 Å². The van der Waals surface area contributed by atoms with Crippen molar-refractivity contribution in [1.82, 2.24) is 19.5 Å². The predicted molar refractivity (Wildman–Crippen MR) is 74.6 cm³/mol. The lowest BCUT2D eigenvalue weighted by molar-refractivity contribution is 0.207. The number of halogens is 1. The Hall–Kier alpha value is -0.940. The number of likely N-dealkylation sites (tertiary alicyclic amines) is 1. The Kier molecular flexibility index (Phi) is 3.35. The summed E-state index contributed by atoms with van der Waals surface area (Å²) in [5.74, 6) is 1.79. The molecule has 0 N–H and O–H groups in total. The van der Waals surface area contributed by atoms with Gasteiger partial charge in [-0.25, -0.2) is 0 Å². The summed E-state index contributed by atoms with van der Waals surface area (Å²) in [5, 5.41) is 8.56. The van der Waals surface area contributed by atoms with Crippen LogP contribution in [0.5, 0.6) is 0 Å². The Bertz CT molecular complexity index is 551. The molecule has 1 atom stereocenters. The molecule has 18 heavy (non-hydrogen) atoms. The molecule has 2 aromatic rings. The zero-order valence-electron chi connectivity index (χ0n) is 10.5. The first-order chi connectivity index (χ1) is 8.72. The zero-order valence-corrected chi connectivity index (χ0v) is 12.1. The van der Waals surface area contributed by atoms with Crippen LogP contribution in [0, 0.1) is 5.92 Å². The second kappa shape index (κ2) is 4.97. The summed E-state index contributed by atoms with van der Waals surface area (Å²) in [5.41, 5.74) is 0.920. The van der Waals surface area contributed by atoms with Crippen molar-refractivity contribution in [2.24, 2.45) is 5.92 Å². The quantitative estimate of drug-likeness (QED) is 0.854. The summed E-state index contributed by atoms with van der Waals surface area (Å²) < 4.78 is 3.14. The van der Waals surface area contributed by atoms with Crippen molar-refractivity contribution in [3.8, 4) is 0 Å². The first-order valence-corrected chi connectivity index (χ1v) is 7.19. The number of piperidine rings is 1. The summed E-state index contributed by atoms with van der Waals surface area (Å²) in [6.45, 7) is 2.40. The van der Waals surface area contributed by atoms with Crippen LogP contribution < -0.4 is 0 Å². The number of rotatable bonds is 2. The monoisotopic (exact) mass is 308 g/mol. The van der Waals surface area contributed by atoms with Gasteiger partial charge in [-0.1, -0.05) is 15.9 Å². The van der Waals surface area contributed by atoms with Gasteiger partial charge in [0.25, 0.3) is 0 Å². The lowest BCUT2D eigenvalue weighted by atomic mass is 9.95. The van der Waals surface area contributed by atoms with Gasteiger partial charge >= 0.3 is 0 Å². The van der Waals surface area contributed by atoms with Crippen LogP contribution >= 0.6 is 15.9 Å². The van der Waals surface area contributed by atoms with Gasteiger partial charge in [-0.15, -0.1) is 10.2 Å². The summed E-state index contributed by atoms with van der Waals surface area (Å²) in [6, 6.07) is 4.04. The second-order valence-electron chi connectivity index (χ2n) is 5.16. The fraction of sp³-hybridized carbons (Fsp3) is 0.538. The summed E-state index contributed by atoms with van der Waals surface area (Å²) in [7, 11) is 2.20. The molecule has 0 saturated carbocycles. The molecule has 0 radical (unpaired) electrons. The van der Waals surface area contributed by atoms with Crippen LogP contribution in [-0.2, 0) is 6.42 Å². The van der Waals surface area contributed by atoms with E-state index in [1.807, 2.05) is 18.3 Å². The minimum Gasteiger partial charge on any atom is -0.306 e. The van der Waals surface area contributed by atoms with E-state index in [0.717, 1.165) is 22.4 Å². The van der Waals surface area contributed by atoms with Gasteiger partial charge in [0.15, 0.2) is 5.65 Å². The van der Waals surface area contributed by atoms with E-state index < -0.39 is 0 Å². The van der Waals surface area contributed by atoms with Gasteiger partial charge in [-0.3, -0.25) is 4.40 Å². The highest BCUT2D eigenvalue weighted by molar-refractivity contribution is 9.10. The van der Waals surface area contributed by atoms with E-state index in [9.17, 15) is 0 Å². The molecule has 2 aromatic heterocycles. The third-order valence-electron chi connectivity index (χ3n) is 3.64. The Labute approximate surface area is 115 Å². The maximum absolute atomic E-state index is 4.33. The highest BCUT2D eigenvalue weighted by Gasteiger charge is 2.19. The predicted octanol–water partition coefficient (Wildman–Crippen LogP) is 2.38. The Morgan fingerprint density at radius 3 is 3.17 bits per heavy atom. The molecule has 0 aliphatic carbocycles. The topological polar surface area (TPSA) is 33.4 Å². The van der Waals surface area contributed by atoms with Crippen LogP contribution in [-0.4, -0.2) is 39.6 Å². The molecule has 0 spiro atoms. The second-order valence-corrected chi connectivity index (χ2v) is 6.08. The normalized spacial score (nSPS) is 21.6. The number of hydrogen-bond acceptors (Lipinski definition) is 3. The Balaban J connectivity index is 1.82. The minimum atomic E-state index is 0.708. The van der Waals surface area contributed by atoms with Crippen molar-refractivity contribution in [3.05, 3.63) is 28.6 Å². The van der Waals surface area contributed by atoms with Crippen molar-refractivity contribution < 1.29 is 0 Å². The van der Waals surface area contributed by atoms with Gasteiger partial charge in [0.2, 0.25) is 0 Å². The van der Waals surface area contributed by atoms with Gasteiger partial charge in [-0.2, -0.15) is 0 Å². The van der Waals surface area contributed by atoms with Gasteiger partial charge in [-0.05, 0) is 44.5 Å². The SMILES string of the molecule is CN1CCCC(Cc2nnc3cc(Br)ccn23)C1. The van der Waals surface area contributed by atoms with Crippen molar-refractivity contribution in [2.45, 2.75) is 19.3 Å². The van der Waals surface area contributed by atoms with Gasteiger partial charge in [0, 0.05) is 23.6 Å².